The van der Waals surface area contributed by atoms with Crippen LogP contribution in [0, 0.1) is 6.92 Å². The number of rotatable bonds is 0. The van der Waals surface area contributed by atoms with Crippen LogP contribution in [0.3, 0.4) is 0 Å². The molecule has 0 bridgehead atoms. The minimum absolute atomic E-state index is 0.0446. The van der Waals surface area contributed by atoms with Crippen molar-refractivity contribution in [2.45, 2.75) is 53.9 Å². The molecule has 4 aromatic carbocycles. The monoisotopic (exact) mass is 396 g/mol. The Bertz CT molecular complexity index is 1150. The molecule has 0 nitrogen and oxygen atoms in total. The summed E-state index contributed by atoms with van der Waals surface area (Å²) in [6.45, 7) is 20.9. The molecule has 0 heteroatoms. The maximum Gasteiger partial charge on any atom is 0.0165 e. The summed E-state index contributed by atoms with van der Waals surface area (Å²) in [7, 11) is 0. The first-order chi connectivity index (χ1) is 14.6. The van der Waals surface area contributed by atoms with Crippen molar-refractivity contribution >= 4 is 21.5 Å². The third-order valence-electron chi connectivity index (χ3n) is 5.69. The summed E-state index contributed by atoms with van der Waals surface area (Å²) in [5.74, 6) is 0. The van der Waals surface area contributed by atoms with Crippen LogP contribution in [0.2, 0.25) is 0 Å². The molecule has 1 aliphatic rings. The fraction of sp³-hybridized carbons (Fsp3) is 0.267. The van der Waals surface area contributed by atoms with E-state index >= 15 is 0 Å². The van der Waals surface area contributed by atoms with E-state index in [9.17, 15) is 0 Å². The average molecular weight is 397 g/mol. The molecule has 0 saturated heterocycles. The quantitative estimate of drug-likeness (QED) is 0.205. The highest BCUT2D eigenvalue weighted by atomic mass is 14.4. The molecule has 30 heavy (non-hydrogen) atoms. The second-order valence-corrected chi connectivity index (χ2v) is 7.54. The SMILES string of the molecule is C=C.CC.CC.Cc1ccc2ccc3c4c(ccc3c2c1)-c1ccccc1C4(C)C. The highest BCUT2D eigenvalue weighted by Crippen LogP contribution is 2.51. The van der Waals surface area contributed by atoms with Crippen molar-refractivity contribution in [2.24, 2.45) is 0 Å². The van der Waals surface area contributed by atoms with Crippen molar-refractivity contribution in [3.63, 3.8) is 0 Å². The van der Waals surface area contributed by atoms with Gasteiger partial charge in [0.05, 0.1) is 0 Å². The van der Waals surface area contributed by atoms with E-state index in [0.717, 1.165) is 0 Å². The highest BCUT2D eigenvalue weighted by molar-refractivity contribution is 6.11. The summed E-state index contributed by atoms with van der Waals surface area (Å²) in [4.78, 5) is 0. The van der Waals surface area contributed by atoms with Crippen LogP contribution in [0.1, 0.15) is 58.2 Å². The van der Waals surface area contributed by atoms with Crippen LogP contribution in [0.5, 0.6) is 0 Å². The smallest absolute Gasteiger partial charge is 0.0165 e. The van der Waals surface area contributed by atoms with Gasteiger partial charge >= 0.3 is 0 Å². The van der Waals surface area contributed by atoms with Gasteiger partial charge in [-0.05, 0) is 50.7 Å². The van der Waals surface area contributed by atoms with Crippen LogP contribution in [0.15, 0.2) is 79.9 Å². The van der Waals surface area contributed by atoms with Gasteiger partial charge in [0.25, 0.3) is 0 Å². The summed E-state index contributed by atoms with van der Waals surface area (Å²) in [6.07, 6.45) is 0. The summed E-state index contributed by atoms with van der Waals surface area (Å²) >= 11 is 0. The normalized spacial score (nSPS) is 12.4. The fourth-order valence-electron chi connectivity index (χ4n) is 4.54. The van der Waals surface area contributed by atoms with Gasteiger partial charge in [0.2, 0.25) is 0 Å². The van der Waals surface area contributed by atoms with E-state index in [4.69, 9.17) is 0 Å². The molecule has 0 amide bonds. The Kier molecular flexibility index (Phi) is 7.62. The van der Waals surface area contributed by atoms with E-state index < -0.39 is 0 Å². The van der Waals surface area contributed by atoms with Gasteiger partial charge in [-0.25, -0.2) is 0 Å². The first-order valence-corrected chi connectivity index (χ1v) is 11.1. The van der Waals surface area contributed by atoms with Crippen molar-refractivity contribution in [3.05, 3.63) is 96.6 Å². The average Bonchev–Trinajstić information content (AvgIpc) is 3.05. The highest BCUT2D eigenvalue weighted by Gasteiger charge is 2.36. The van der Waals surface area contributed by atoms with Gasteiger partial charge in [-0.2, -0.15) is 0 Å². The minimum atomic E-state index is 0.0446. The number of hydrogen-bond donors (Lipinski definition) is 0. The van der Waals surface area contributed by atoms with Crippen LogP contribution in [0.4, 0.5) is 0 Å². The Morgan fingerprint density at radius 3 is 1.93 bits per heavy atom. The van der Waals surface area contributed by atoms with E-state index in [1.165, 1.54) is 49.4 Å². The van der Waals surface area contributed by atoms with E-state index in [0.29, 0.717) is 0 Å². The largest absolute Gasteiger partial charge is 0.106 e. The zero-order chi connectivity index (χ0) is 22.5. The molecule has 156 valence electrons. The zero-order valence-corrected chi connectivity index (χ0v) is 19.8. The molecule has 0 N–H and O–H groups in total. The van der Waals surface area contributed by atoms with E-state index in [2.05, 4.69) is 101 Å². The third-order valence-corrected chi connectivity index (χ3v) is 5.69. The number of aryl methyl sites for hydroxylation is 1. The van der Waals surface area contributed by atoms with Gasteiger partial charge in [0.1, 0.15) is 0 Å². The predicted molar refractivity (Wildman–Crippen MR) is 138 cm³/mol. The predicted octanol–water partition coefficient (Wildman–Crippen LogP) is 9.46. The molecule has 1 aliphatic carbocycles. The molecule has 0 aromatic heterocycles. The lowest BCUT2D eigenvalue weighted by Gasteiger charge is -2.23. The Labute approximate surface area is 183 Å². The van der Waals surface area contributed by atoms with Crippen molar-refractivity contribution in [3.8, 4) is 11.1 Å². The summed E-state index contributed by atoms with van der Waals surface area (Å²) in [5, 5.41) is 5.45. The Hall–Kier alpha value is -2.86. The van der Waals surface area contributed by atoms with Crippen LogP contribution in [-0.4, -0.2) is 0 Å². The van der Waals surface area contributed by atoms with Crippen molar-refractivity contribution in [1.82, 2.24) is 0 Å². The van der Waals surface area contributed by atoms with E-state index in [1.807, 2.05) is 27.7 Å². The molecule has 5 rings (SSSR count). The lowest BCUT2D eigenvalue weighted by atomic mass is 9.80. The van der Waals surface area contributed by atoms with Gasteiger partial charge in [-0.3, -0.25) is 0 Å². The molecule has 0 spiro atoms. The molecule has 0 saturated carbocycles. The first kappa shape index (κ1) is 23.4. The van der Waals surface area contributed by atoms with Crippen LogP contribution in [-0.2, 0) is 5.41 Å². The van der Waals surface area contributed by atoms with Crippen molar-refractivity contribution < 1.29 is 0 Å². The first-order valence-electron chi connectivity index (χ1n) is 11.1. The van der Waals surface area contributed by atoms with Crippen LogP contribution >= 0.6 is 0 Å². The molecule has 0 heterocycles. The molecular weight excluding hydrogens is 360 g/mol. The molecule has 0 radical (unpaired) electrons. The molecule has 0 atom stereocenters. The third kappa shape index (κ3) is 3.67. The molecule has 0 aliphatic heterocycles. The van der Waals surface area contributed by atoms with Gasteiger partial charge in [-0.1, -0.05) is 114 Å². The van der Waals surface area contributed by atoms with Crippen LogP contribution < -0.4 is 0 Å². The Morgan fingerprint density at radius 1 is 0.633 bits per heavy atom. The van der Waals surface area contributed by atoms with Crippen LogP contribution in [0.25, 0.3) is 32.7 Å². The second-order valence-electron chi connectivity index (χ2n) is 7.54. The molecule has 0 fully saturated rings. The number of hydrogen-bond acceptors (Lipinski definition) is 0. The topological polar surface area (TPSA) is 0 Å². The van der Waals surface area contributed by atoms with E-state index in [-0.39, 0.29) is 5.41 Å². The van der Waals surface area contributed by atoms with Gasteiger partial charge in [0.15, 0.2) is 0 Å². The number of benzene rings is 4. The lowest BCUT2D eigenvalue weighted by molar-refractivity contribution is 0.666. The summed E-state index contributed by atoms with van der Waals surface area (Å²) < 4.78 is 0. The molecule has 0 unspecified atom stereocenters. The zero-order valence-electron chi connectivity index (χ0n) is 19.8. The number of fused-ring (bicyclic) bond motifs is 7. The van der Waals surface area contributed by atoms with Gasteiger partial charge < -0.3 is 0 Å². The molecule has 4 aromatic rings. The summed E-state index contributed by atoms with van der Waals surface area (Å²) in [6, 6.07) is 24.8. The van der Waals surface area contributed by atoms with Gasteiger partial charge in [-0.15, -0.1) is 13.2 Å². The van der Waals surface area contributed by atoms with Crippen molar-refractivity contribution in [2.75, 3.05) is 0 Å². The minimum Gasteiger partial charge on any atom is -0.106 e. The van der Waals surface area contributed by atoms with Gasteiger partial charge in [0, 0.05) is 5.41 Å². The summed E-state index contributed by atoms with van der Waals surface area (Å²) in [5.41, 5.74) is 7.07. The standard InChI is InChI=1S/C24H20.2C2H6.C2H4/c1-15-8-9-16-10-11-19-17(21(16)14-15)12-13-20-18-6-4-5-7-22(18)24(2,3)23(19)20;3*1-2/h4-14H,1-3H3;2*1-2H3;1-2H2. The van der Waals surface area contributed by atoms with E-state index in [1.54, 1.807) is 0 Å². The lowest BCUT2D eigenvalue weighted by Crippen LogP contribution is -2.15. The maximum atomic E-state index is 3.00. The maximum absolute atomic E-state index is 3.00. The Morgan fingerprint density at radius 2 is 1.23 bits per heavy atom. The van der Waals surface area contributed by atoms with Crippen molar-refractivity contribution in [1.29, 1.82) is 0 Å². The fourth-order valence-corrected chi connectivity index (χ4v) is 4.54. The Balaban J connectivity index is 0.000000493. The molecular formula is C30H36. The second kappa shape index (κ2) is 9.76.